The lowest BCUT2D eigenvalue weighted by Crippen LogP contribution is -2.53. The Morgan fingerprint density at radius 2 is 1.75 bits per heavy atom. The van der Waals surface area contributed by atoms with Gasteiger partial charge >= 0.3 is 11.9 Å². The van der Waals surface area contributed by atoms with Gasteiger partial charge in [-0.25, -0.2) is 4.79 Å². The van der Waals surface area contributed by atoms with Crippen molar-refractivity contribution in [3.63, 3.8) is 0 Å². The number of ether oxygens (including phenoxy) is 1. The van der Waals surface area contributed by atoms with Crippen LogP contribution < -0.4 is 0 Å². The Balaban J connectivity index is 2.63. The Bertz CT molecular complexity index is 332. The number of carbonyl (C=O) groups is 2. The first-order chi connectivity index (χ1) is 9.33. The summed E-state index contributed by atoms with van der Waals surface area (Å²) in [6.07, 6.45) is -0.211. The van der Waals surface area contributed by atoms with Crippen molar-refractivity contribution in [3.05, 3.63) is 0 Å². The number of cyclic esters (lactones) is 1. The number of hydrogen-bond donors (Lipinski definition) is 0. The fourth-order valence-corrected chi connectivity index (χ4v) is 2.61. The molecule has 0 aromatic carbocycles. The number of carbonyl (C=O) groups excluding carboxylic acids is 2. The Kier molecular flexibility index (Phi) is 6.46. The molecule has 1 rings (SSSR count). The molecule has 0 aromatic heterocycles. The van der Waals surface area contributed by atoms with Crippen molar-refractivity contribution in [3.8, 4) is 0 Å². The minimum Gasteiger partial charge on any atom is -0.452 e. The van der Waals surface area contributed by atoms with Gasteiger partial charge in [-0.1, -0.05) is 27.7 Å². The van der Waals surface area contributed by atoms with Crippen LogP contribution in [0.15, 0.2) is 0 Å². The van der Waals surface area contributed by atoms with Gasteiger partial charge in [-0.3, -0.25) is 9.69 Å². The lowest BCUT2D eigenvalue weighted by Gasteiger charge is -2.35. The fourth-order valence-electron chi connectivity index (χ4n) is 2.61. The Morgan fingerprint density at radius 3 is 2.20 bits per heavy atom. The number of amides is 1. The molecule has 1 heterocycles. The number of morpholine rings is 1. The molecular weight excluding hydrogens is 256 g/mol. The molecule has 1 amide bonds. The van der Waals surface area contributed by atoms with Crippen LogP contribution in [0.25, 0.3) is 0 Å². The van der Waals surface area contributed by atoms with Crippen molar-refractivity contribution in [2.24, 2.45) is 11.8 Å². The van der Waals surface area contributed by atoms with Gasteiger partial charge in [0, 0.05) is 26.2 Å². The molecule has 0 N–H and O–H groups in total. The molecule has 20 heavy (non-hydrogen) atoms. The first kappa shape index (κ1) is 17.0. The van der Waals surface area contributed by atoms with Gasteiger partial charge in [0.1, 0.15) is 6.10 Å². The first-order valence-corrected chi connectivity index (χ1v) is 7.55. The quantitative estimate of drug-likeness (QED) is 0.523. The smallest absolute Gasteiger partial charge is 0.397 e. The number of rotatable bonds is 7. The normalized spacial score (nSPS) is 20.2. The molecule has 0 spiro atoms. The van der Waals surface area contributed by atoms with Gasteiger partial charge in [-0.2, -0.15) is 0 Å². The summed E-state index contributed by atoms with van der Waals surface area (Å²) in [7, 11) is 0. The van der Waals surface area contributed by atoms with E-state index in [1.165, 1.54) is 0 Å². The molecule has 1 aliphatic rings. The van der Waals surface area contributed by atoms with Crippen LogP contribution in [0.2, 0.25) is 0 Å². The maximum Gasteiger partial charge on any atom is 0.397 e. The third-order valence-corrected chi connectivity index (χ3v) is 3.25. The molecule has 0 aromatic rings. The van der Waals surface area contributed by atoms with Crippen LogP contribution in [0.1, 0.15) is 34.6 Å². The predicted molar refractivity (Wildman–Crippen MR) is 78.3 cm³/mol. The highest BCUT2D eigenvalue weighted by atomic mass is 16.6. The maximum absolute atomic E-state index is 11.6. The molecule has 0 radical (unpaired) electrons. The molecule has 1 aliphatic heterocycles. The minimum absolute atomic E-state index is 0.211. The van der Waals surface area contributed by atoms with Crippen LogP contribution >= 0.6 is 0 Å². The van der Waals surface area contributed by atoms with Gasteiger partial charge in [0.15, 0.2) is 0 Å². The van der Waals surface area contributed by atoms with Crippen molar-refractivity contribution < 1.29 is 14.3 Å². The first-order valence-electron chi connectivity index (χ1n) is 7.55. The summed E-state index contributed by atoms with van der Waals surface area (Å²) >= 11 is 0. The van der Waals surface area contributed by atoms with Gasteiger partial charge in [0.25, 0.3) is 0 Å². The Labute approximate surface area is 122 Å². The number of nitrogens with zero attached hydrogens (tertiary/aromatic N) is 2. The van der Waals surface area contributed by atoms with E-state index in [9.17, 15) is 9.59 Å². The molecule has 5 nitrogen and oxygen atoms in total. The third kappa shape index (κ3) is 5.12. The Hall–Kier alpha value is -1.10. The van der Waals surface area contributed by atoms with Gasteiger partial charge in [0.2, 0.25) is 0 Å². The zero-order chi connectivity index (χ0) is 15.3. The summed E-state index contributed by atoms with van der Waals surface area (Å²) in [5.74, 6) is -0.0888. The van der Waals surface area contributed by atoms with E-state index in [-0.39, 0.29) is 6.10 Å². The Morgan fingerprint density at radius 1 is 1.20 bits per heavy atom. The topological polar surface area (TPSA) is 49.9 Å². The van der Waals surface area contributed by atoms with Crippen LogP contribution in [0.3, 0.4) is 0 Å². The van der Waals surface area contributed by atoms with E-state index in [0.717, 1.165) is 13.1 Å². The van der Waals surface area contributed by atoms with E-state index in [4.69, 9.17) is 4.74 Å². The highest BCUT2D eigenvalue weighted by molar-refractivity contribution is 6.32. The number of likely N-dealkylation sites (N-methyl/N-ethyl adjacent to an activating group) is 1. The standard InChI is InChI=1S/C15H28N2O3/c1-6-17-10-13(20-15(19)14(17)18)9-16(7-11(2)3)8-12(4)5/h11-13H,6-10H2,1-5H3. The molecule has 1 saturated heterocycles. The van der Waals surface area contributed by atoms with E-state index < -0.39 is 11.9 Å². The average Bonchev–Trinajstić information content (AvgIpc) is 2.31. The SMILES string of the molecule is CCN1CC(CN(CC(C)C)CC(C)C)OC(=O)C1=O. The molecular formula is C15H28N2O3. The van der Waals surface area contributed by atoms with Crippen LogP contribution in [0.4, 0.5) is 0 Å². The second-order valence-corrected chi connectivity index (χ2v) is 6.38. The summed E-state index contributed by atoms with van der Waals surface area (Å²) < 4.78 is 5.25. The molecule has 0 aliphatic carbocycles. The van der Waals surface area contributed by atoms with E-state index in [2.05, 4.69) is 32.6 Å². The summed E-state index contributed by atoms with van der Waals surface area (Å²) in [6, 6.07) is 0. The van der Waals surface area contributed by atoms with E-state index in [0.29, 0.717) is 31.5 Å². The monoisotopic (exact) mass is 284 g/mol. The molecule has 1 fully saturated rings. The average molecular weight is 284 g/mol. The van der Waals surface area contributed by atoms with Gasteiger partial charge < -0.3 is 9.64 Å². The number of esters is 1. The summed E-state index contributed by atoms with van der Waals surface area (Å²) in [5.41, 5.74) is 0. The van der Waals surface area contributed by atoms with E-state index in [1.54, 1.807) is 4.90 Å². The highest BCUT2D eigenvalue weighted by Gasteiger charge is 2.34. The molecule has 0 bridgehead atoms. The fraction of sp³-hybridized carbons (Fsp3) is 0.867. The van der Waals surface area contributed by atoms with Crippen molar-refractivity contribution in [2.75, 3.05) is 32.7 Å². The second kappa shape index (κ2) is 7.62. The molecule has 0 saturated carbocycles. The zero-order valence-corrected chi connectivity index (χ0v) is 13.4. The summed E-state index contributed by atoms with van der Waals surface area (Å²) in [6.45, 7) is 14.3. The highest BCUT2D eigenvalue weighted by Crippen LogP contribution is 2.12. The minimum atomic E-state index is -0.711. The number of hydrogen-bond acceptors (Lipinski definition) is 4. The van der Waals surface area contributed by atoms with E-state index >= 15 is 0 Å². The molecule has 116 valence electrons. The van der Waals surface area contributed by atoms with Crippen LogP contribution in [-0.2, 0) is 14.3 Å². The summed E-state index contributed by atoms with van der Waals surface area (Å²) in [5, 5.41) is 0. The molecule has 1 unspecified atom stereocenters. The van der Waals surface area contributed by atoms with Crippen molar-refractivity contribution in [1.82, 2.24) is 9.80 Å². The van der Waals surface area contributed by atoms with Gasteiger partial charge in [-0.05, 0) is 18.8 Å². The second-order valence-electron chi connectivity index (χ2n) is 6.38. The molecule has 5 heteroatoms. The van der Waals surface area contributed by atoms with Crippen LogP contribution in [0, 0.1) is 11.8 Å². The predicted octanol–water partition coefficient (Wildman–Crippen LogP) is 1.37. The van der Waals surface area contributed by atoms with Crippen molar-refractivity contribution in [1.29, 1.82) is 0 Å². The maximum atomic E-state index is 11.6. The lowest BCUT2D eigenvalue weighted by atomic mass is 10.1. The van der Waals surface area contributed by atoms with Crippen LogP contribution in [-0.4, -0.2) is 60.5 Å². The van der Waals surface area contributed by atoms with Gasteiger partial charge in [-0.15, -0.1) is 0 Å². The summed E-state index contributed by atoms with van der Waals surface area (Å²) in [4.78, 5) is 27.0. The van der Waals surface area contributed by atoms with E-state index in [1.807, 2.05) is 6.92 Å². The van der Waals surface area contributed by atoms with Crippen molar-refractivity contribution >= 4 is 11.9 Å². The zero-order valence-electron chi connectivity index (χ0n) is 13.4. The van der Waals surface area contributed by atoms with Gasteiger partial charge in [0.05, 0.1) is 6.54 Å². The van der Waals surface area contributed by atoms with Crippen molar-refractivity contribution in [2.45, 2.75) is 40.7 Å². The lowest BCUT2D eigenvalue weighted by molar-refractivity contribution is -0.173. The third-order valence-electron chi connectivity index (χ3n) is 3.25. The molecule has 1 atom stereocenters. The largest absolute Gasteiger partial charge is 0.452 e. The van der Waals surface area contributed by atoms with Crippen LogP contribution in [0.5, 0.6) is 0 Å².